The summed E-state index contributed by atoms with van der Waals surface area (Å²) in [7, 11) is 0. The topological polar surface area (TPSA) is 29.1 Å². The number of rotatable bonds is 4. The number of hydrogen-bond donors (Lipinski definition) is 1. The molecule has 2 aromatic carbocycles. The van der Waals surface area contributed by atoms with E-state index in [1.807, 2.05) is 25.1 Å². The van der Waals surface area contributed by atoms with Gasteiger partial charge in [-0.15, -0.1) is 11.8 Å². The first-order valence-electron chi connectivity index (χ1n) is 6.09. The highest BCUT2D eigenvalue weighted by Gasteiger charge is 2.09. The highest BCUT2D eigenvalue weighted by atomic mass is 79.9. The smallest absolute Gasteiger partial charge is 0.234 e. The van der Waals surface area contributed by atoms with Gasteiger partial charge in [-0.05, 0) is 58.7 Å². The third kappa shape index (κ3) is 4.92. The summed E-state index contributed by atoms with van der Waals surface area (Å²) in [5, 5.41) is 4.05. The summed E-state index contributed by atoms with van der Waals surface area (Å²) >= 11 is 16.8. The summed E-state index contributed by atoms with van der Waals surface area (Å²) in [6, 6.07) is 11.0. The van der Waals surface area contributed by atoms with E-state index in [1.54, 1.807) is 18.2 Å². The standard InChI is InChI=1S/C15H12BrCl2NOS/c1-9-2-5-13(11(16)6-9)19-15(20)8-21-14-7-10(17)3-4-12(14)18/h2-7H,8H2,1H3,(H,19,20). The molecule has 2 rings (SSSR count). The lowest BCUT2D eigenvalue weighted by molar-refractivity contribution is -0.113. The second-order valence-corrected chi connectivity index (χ2v) is 7.11. The van der Waals surface area contributed by atoms with Crippen LogP contribution in [0.4, 0.5) is 5.69 Å². The van der Waals surface area contributed by atoms with Gasteiger partial charge in [-0.3, -0.25) is 4.79 Å². The minimum Gasteiger partial charge on any atom is -0.324 e. The Morgan fingerprint density at radius 1 is 1.24 bits per heavy atom. The van der Waals surface area contributed by atoms with Crippen LogP contribution in [0.15, 0.2) is 45.8 Å². The number of carbonyl (C=O) groups excluding carboxylic acids is 1. The molecule has 0 heterocycles. The molecule has 1 amide bonds. The Kier molecular flexibility index (Phi) is 5.99. The van der Waals surface area contributed by atoms with Crippen molar-refractivity contribution in [2.45, 2.75) is 11.8 Å². The van der Waals surface area contributed by atoms with Gasteiger partial charge in [0.05, 0.1) is 16.5 Å². The number of nitrogens with one attached hydrogen (secondary N) is 1. The van der Waals surface area contributed by atoms with Crippen LogP contribution in [-0.4, -0.2) is 11.7 Å². The number of anilines is 1. The lowest BCUT2D eigenvalue weighted by Crippen LogP contribution is -2.14. The van der Waals surface area contributed by atoms with Crippen molar-refractivity contribution >= 4 is 62.5 Å². The molecule has 0 saturated heterocycles. The van der Waals surface area contributed by atoms with Gasteiger partial charge in [0.2, 0.25) is 5.91 Å². The minimum absolute atomic E-state index is 0.0967. The molecule has 1 N–H and O–H groups in total. The van der Waals surface area contributed by atoms with Crippen LogP contribution in [0, 0.1) is 6.92 Å². The summed E-state index contributed by atoms with van der Waals surface area (Å²) in [5.41, 5.74) is 1.88. The predicted molar refractivity (Wildman–Crippen MR) is 94.7 cm³/mol. The molecule has 0 aliphatic heterocycles. The predicted octanol–water partition coefficient (Wildman–Crippen LogP) is 5.80. The van der Waals surface area contributed by atoms with E-state index in [9.17, 15) is 4.79 Å². The second-order valence-electron chi connectivity index (χ2n) is 4.39. The average Bonchev–Trinajstić information content (AvgIpc) is 2.43. The second kappa shape index (κ2) is 7.54. The molecule has 110 valence electrons. The maximum atomic E-state index is 12.0. The van der Waals surface area contributed by atoms with Gasteiger partial charge >= 0.3 is 0 Å². The van der Waals surface area contributed by atoms with E-state index in [0.717, 1.165) is 20.6 Å². The zero-order valence-corrected chi connectivity index (χ0v) is 15.0. The molecule has 6 heteroatoms. The van der Waals surface area contributed by atoms with E-state index in [0.29, 0.717) is 10.0 Å². The van der Waals surface area contributed by atoms with E-state index in [4.69, 9.17) is 23.2 Å². The van der Waals surface area contributed by atoms with Crippen molar-refractivity contribution in [3.8, 4) is 0 Å². The Balaban J connectivity index is 1.97. The normalized spacial score (nSPS) is 10.5. The van der Waals surface area contributed by atoms with Crippen LogP contribution in [0.25, 0.3) is 0 Å². The molecular weight excluding hydrogens is 393 g/mol. The Morgan fingerprint density at radius 2 is 2.00 bits per heavy atom. The van der Waals surface area contributed by atoms with Crippen LogP contribution in [0.2, 0.25) is 10.0 Å². The van der Waals surface area contributed by atoms with Gasteiger partial charge < -0.3 is 5.32 Å². The first-order valence-corrected chi connectivity index (χ1v) is 8.63. The van der Waals surface area contributed by atoms with Crippen molar-refractivity contribution in [1.29, 1.82) is 0 Å². The number of halogens is 3. The number of thioether (sulfide) groups is 1. The van der Waals surface area contributed by atoms with Crippen LogP contribution in [0.5, 0.6) is 0 Å². The quantitative estimate of drug-likeness (QED) is 0.652. The van der Waals surface area contributed by atoms with E-state index in [1.165, 1.54) is 11.8 Å². The van der Waals surface area contributed by atoms with Crippen LogP contribution in [0.1, 0.15) is 5.56 Å². The molecule has 0 aromatic heterocycles. The first kappa shape index (κ1) is 16.7. The average molecular weight is 405 g/mol. The van der Waals surface area contributed by atoms with E-state index < -0.39 is 0 Å². The van der Waals surface area contributed by atoms with Crippen LogP contribution < -0.4 is 5.32 Å². The molecule has 0 fully saturated rings. The summed E-state index contributed by atoms with van der Waals surface area (Å²) in [6.07, 6.45) is 0. The van der Waals surface area contributed by atoms with Crippen molar-refractivity contribution in [3.05, 3.63) is 56.5 Å². The summed E-state index contributed by atoms with van der Waals surface area (Å²) < 4.78 is 0.863. The van der Waals surface area contributed by atoms with Gasteiger partial charge in [0.15, 0.2) is 0 Å². The van der Waals surface area contributed by atoms with Gasteiger partial charge in [-0.25, -0.2) is 0 Å². The Bertz CT molecular complexity index is 679. The highest BCUT2D eigenvalue weighted by molar-refractivity contribution is 9.10. The summed E-state index contributed by atoms with van der Waals surface area (Å²) in [6.45, 7) is 1.99. The molecule has 0 unspecified atom stereocenters. The fourth-order valence-electron chi connectivity index (χ4n) is 1.64. The molecule has 0 aliphatic carbocycles. The van der Waals surface area contributed by atoms with Crippen LogP contribution in [0.3, 0.4) is 0 Å². The highest BCUT2D eigenvalue weighted by Crippen LogP contribution is 2.30. The third-order valence-electron chi connectivity index (χ3n) is 2.65. The number of hydrogen-bond acceptors (Lipinski definition) is 2. The molecule has 21 heavy (non-hydrogen) atoms. The maximum Gasteiger partial charge on any atom is 0.234 e. The van der Waals surface area contributed by atoms with Crippen molar-refractivity contribution in [2.24, 2.45) is 0 Å². The zero-order valence-electron chi connectivity index (χ0n) is 11.1. The largest absolute Gasteiger partial charge is 0.324 e. The van der Waals surface area contributed by atoms with E-state index in [-0.39, 0.29) is 11.7 Å². The Hall–Kier alpha value is -0.680. The monoisotopic (exact) mass is 403 g/mol. The molecule has 0 radical (unpaired) electrons. The van der Waals surface area contributed by atoms with Gasteiger partial charge in [0.1, 0.15) is 0 Å². The zero-order chi connectivity index (χ0) is 15.4. The SMILES string of the molecule is Cc1ccc(NC(=O)CSc2cc(Cl)ccc2Cl)c(Br)c1. The van der Waals surface area contributed by atoms with Crippen molar-refractivity contribution in [2.75, 3.05) is 11.1 Å². The Labute approximate surface area is 146 Å². The molecule has 0 aliphatic rings. The number of amides is 1. The van der Waals surface area contributed by atoms with Gasteiger partial charge in [-0.1, -0.05) is 29.3 Å². The van der Waals surface area contributed by atoms with Crippen molar-refractivity contribution < 1.29 is 4.79 Å². The van der Waals surface area contributed by atoms with Crippen LogP contribution >= 0.6 is 50.9 Å². The lowest BCUT2D eigenvalue weighted by atomic mass is 10.2. The third-order valence-corrected chi connectivity index (χ3v) is 5.04. The van der Waals surface area contributed by atoms with Gasteiger partial charge in [0, 0.05) is 14.4 Å². The summed E-state index contributed by atoms with van der Waals surface area (Å²) in [5.74, 6) is 0.168. The fraction of sp³-hybridized carbons (Fsp3) is 0.133. The van der Waals surface area contributed by atoms with E-state index in [2.05, 4.69) is 21.2 Å². The minimum atomic E-state index is -0.0967. The molecule has 2 nitrogen and oxygen atoms in total. The Morgan fingerprint density at radius 3 is 2.71 bits per heavy atom. The molecule has 0 bridgehead atoms. The lowest BCUT2D eigenvalue weighted by Gasteiger charge is -2.09. The van der Waals surface area contributed by atoms with Gasteiger partial charge in [-0.2, -0.15) is 0 Å². The number of benzene rings is 2. The molecule has 0 atom stereocenters. The van der Waals surface area contributed by atoms with Crippen molar-refractivity contribution in [3.63, 3.8) is 0 Å². The van der Waals surface area contributed by atoms with Gasteiger partial charge in [0.25, 0.3) is 0 Å². The van der Waals surface area contributed by atoms with E-state index >= 15 is 0 Å². The van der Waals surface area contributed by atoms with Crippen molar-refractivity contribution in [1.82, 2.24) is 0 Å². The fourth-order valence-corrected chi connectivity index (χ4v) is 3.52. The molecule has 2 aromatic rings. The molecule has 0 spiro atoms. The molecule has 0 saturated carbocycles. The molecular formula is C15H12BrCl2NOS. The number of aryl methyl sites for hydroxylation is 1. The summed E-state index contributed by atoms with van der Waals surface area (Å²) in [4.78, 5) is 12.8. The first-order chi connectivity index (χ1) is 9.95. The number of carbonyl (C=O) groups is 1. The maximum absolute atomic E-state index is 12.0. The van der Waals surface area contributed by atoms with Crippen LogP contribution in [-0.2, 0) is 4.79 Å².